The van der Waals surface area contributed by atoms with E-state index in [9.17, 15) is 4.79 Å². The molecule has 1 heterocycles. The van der Waals surface area contributed by atoms with Gasteiger partial charge in [0, 0.05) is 0 Å². The van der Waals surface area contributed by atoms with Crippen molar-refractivity contribution in [3.63, 3.8) is 0 Å². The summed E-state index contributed by atoms with van der Waals surface area (Å²) in [5, 5.41) is 2.95. The molecule has 1 atom stereocenters. The number of carbonyl (C=O) groups excluding carboxylic acids is 1. The number of rotatable bonds is 1. The Hall–Kier alpha value is -0.570. The molecule has 0 aromatic rings. The van der Waals surface area contributed by atoms with Crippen molar-refractivity contribution < 1.29 is 9.53 Å². The Morgan fingerprint density at radius 1 is 1.45 bits per heavy atom. The zero-order valence-electron chi connectivity index (χ0n) is 6.51. The van der Waals surface area contributed by atoms with E-state index in [1.807, 2.05) is 0 Å². The van der Waals surface area contributed by atoms with Crippen molar-refractivity contribution in [3.05, 3.63) is 0 Å². The maximum atomic E-state index is 10.9. The van der Waals surface area contributed by atoms with Crippen LogP contribution in [0.2, 0.25) is 0 Å². The molecule has 3 nitrogen and oxygen atoms in total. The number of hydrogen-bond acceptors (Lipinski definition) is 2. The van der Waals surface area contributed by atoms with Gasteiger partial charge in [-0.1, -0.05) is 6.42 Å². The average Bonchev–Trinajstić information content (AvgIpc) is 1.83. The molecule has 3 heteroatoms. The van der Waals surface area contributed by atoms with Gasteiger partial charge in [-0.25, -0.2) is 0 Å². The van der Waals surface area contributed by atoms with Gasteiger partial charge in [0.15, 0.2) is 0 Å². The quantitative estimate of drug-likeness (QED) is 0.591. The summed E-state index contributed by atoms with van der Waals surface area (Å²) >= 11 is 0. The second-order valence-electron chi connectivity index (χ2n) is 3.38. The standard InChI is InChI=1S/C8H13NO2/c10-8-5-11-4-7(9-8)6-2-1-3-6/h6-7H,1-5H2,(H,9,10). The highest BCUT2D eigenvalue weighted by molar-refractivity contribution is 5.78. The van der Waals surface area contributed by atoms with Crippen molar-refractivity contribution >= 4 is 5.91 Å². The third kappa shape index (κ3) is 1.38. The molecule has 2 fully saturated rings. The molecule has 62 valence electrons. The SMILES string of the molecule is O=C1COCC(C2CCC2)N1. The fourth-order valence-corrected chi connectivity index (χ4v) is 1.66. The lowest BCUT2D eigenvalue weighted by atomic mass is 9.80. The molecule has 2 rings (SSSR count). The molecule has 1 N–H and O–H groups in total. The molecule has 0 bridgehead atoms. The highest BCUT2D eigenvalue weighted by atomic mass is 16.5. The molecule has 2 aliphatic rings. The van der Waals surface area contributed by atoms with E-state index in [-0.39, 0.29) is 12.5 Å². The molecule has 1 saturated heterocycles. The van der Waals surface area contributed by atoms with Crippen molar-refractivity contribution in [2.45, 2.75) is 25.3 Å². The van der Waals surface area contributed by atoms with Crippen LogP contribution < -0.4 is 5.32 Å². The Morgan fingerprint density at radius 3 is 2.82 bits per heavy atom. The summed E-state index contributed by atoms with van der Waals surface area (Å²) in [7, 11) is 0. The number of carbonyl (C=O) groups is 1. The van der Waals surface area contributed by atoms with Gasteiger partial charge in [-0.15, -0.1) is 0 Å². The number of morpholine rings is 1. The fraction of sp³-hybridized carbons (Fsp3) is 0.875. The van der Waals surface area contributed by atoms with Crippen molar-refractivity contribution in [3.8, 4) is 0 Å². The Bertz CT molecular complexity index is 165. The van der Waals surface area contributed by atoms with E-state index in [4.69, 9.17) is 4.74 Å². The first-order valence-corrected chi connectivity index (χ1v) is 4.23. The normalized spacial score (nSPS) is 32.7. The molecule has 0 aromatic carbocycles. The number of ether oxygens (including phenoxy) is 1. The second-order valence-corrected chi connectivity index (χ2v) is 3.38. The molecule has 1 aliphatic carbocycles. The zero-order chi connectivity index (χ0) is 7.68. The molecule has 11 heavy (non-hydrogen) atoms. The molecular weight excluding hydrogens is 142 g/mol. The van der Waals surface area contributed by atoms with E-state index in [2.05, 4.69) is 5.32 Å². The average molecular weight is 155 g/mol. The van der Waals surface area contributed by atoms with Gasteiger partial charge < -0.3 is 10.1 Å². The van der Waals surface area contributed by atoms with Gasteiger partial charge in [0.25, 0.3) is 0 Å². The zero-order valence-corrected chi connectivity index (χ0v) is 6.51. The summed E-state index contributed by atoms with van der Waals surface area (Å²) in [5.41, 5.74) is 0. The van der Waals surface area contributed by atoms with Crippen molar-refractivity contribution in [1.82, 2.24) is 5.32 Å². The minimum Gasteiger partial charge on any atom is -0.370 e. The maximum absolute atomic E-state index is 10.9. The van der Waals surface area contributed by atoms with E-state index >= 15 is 0 Å². The summed E-state index contributed by atoms with van der Waals surface area (Å²) in [6.45, 7) is 0.972. The molecule has 0 radical (unpaired) electrons. The van der Waals surface area contributed by atoms with Crippen molar-refractivity contribution in [1.29, 1.82) is 0 Å². The lowest BCUT2D eigenvalue weighted by Gasteiger charge is -2.36. The van der Waals surface area contributed by atoms with Gasteiger partial charge in [0.2, 0.25) is 5.91 Å². The van der Waals surface area contributed by atoms with Crippen LogP contribution in [-0.4, -0.2) is 25.2 Å². The summed E-state index contributed by atoms with van der Waals surface area (Å²) in [4.78, 5) is 10.9. The van der Waals surface area contributed by atoms with E-state index in [0.717, 1.165) is 6.61 Å². The first-order valence-electron chi connectivity index (χ1n) is 4.23. The minimum absolute atomic E-state index is 0.0492. The third-order valence-electron chi connectivity index (χ3n) is 2.60. The smallest absolute Gasteiger partial charge is 0.246 e. The van der Waals surface area contributed by atoms with Gasteiger partial charge in [-0.3, -0.25) is 4.79 Å². The van der Waals surface area contributed by atoms with Crippen LogP contribution in [0.5, 0.6) is 0 Å². The monoisotopic (exact) mass is 155 g/mol. The van der Waals surface area contributed by atoms with Crippen LogP contribution in [0.15, 0.2) is 0 Å². The second kappa shape index (κ2) is 2.81. The first-order chi connectivity index (χ1) is 5.36. The van der Waals surface area contributed by atoms with Crippen LogP contribution in [0.25, 0.3) is 0 Å². The summed E-state index contributed by atoms with van der Waals surface area (Å²) < 4.78 is 5.14. The molecule has 1 unspecified atom stereocenters. The van der Waals surface area contributed by atoms with Gasteiger partial charge in [-0.05, 0) is 18.8 Å². The predicted molar refractivity (Wildman–Crippen MR) is 40.1 cm³/mol. The summed E-state index contributed by atoms with van der Waals surface area (Å²) in [5.74, 6) is 0.743. The lowest BCUT2D eigenvalue weighted by molar-refractivity contribution is -0.133. The van der Waals surface area contributed by atoms with Crippen LogP contribution in [-0.2, 0) is 9.53 Å². The Balaban J connectivity index is 1.87. The molecule has 0 spiro atoms. The van der Waals surface area contributed by atoms with Gasteiger partial charge in [0.05, 0.1) is 12.6 Å². The minimum atomic E-state index is 0.0492. The van der Waals surface area contributed by atoms with Gasteiger partial charge in [0.1, 0.15) is 6.61 Å². The van der Waals surface area contributed by atoms with E-state index in [0.29, 0.717) is 12.0 Å². The van der Waals surface area contributed by atoms with Crippen LogP contribution in [0.4, 0.5) is 0 Å². The van der Waals surface area contributed by atoms with Crippen molar-refractivity contribution in [2.75, 3.05) is 13.2 Å². The highest BCUT2D eigenvalue weighted by Crippen LogP contribution is 2.30. The summed E-state index contributed by atoms with van der Waals surface area (Å²) in [6.07, 6.45) is 3.83. The lowest BCUT2D eigenvalue weighted by Crippen LogP contribution is -2.51. The van der Waals surface area contributed by atoms with Gasteiger partial charge in [-0.2, -0.15) is 0 Å². The number of nitrogens with one attached hydrogen (secondary N) is 1. The summed E-state index contributed by atoms with van der Waals surface area (Å²) in [6, 6.07) is 0.310. The van der Waals surface area contributed by atoms with Crippen molar-refractivity contribution in [2.24, 2.45) is 5.92 Å². The number of amides is 1. The third-order valence-corrected chi connectivity index (χ3v) is 2.60. The Morgan fingerprint density at radius 2 is 2.27 bits per heavy atom. The topological polar surface area (TPSA) is 38.3 Å². The van der Waals surface area contributed by atoms with E-state index in [1.54, 1.807) is 0 Å². The predicted octanol–water partition coefficient (Wildman–Crippen LogP) is 0.301. The molecule has 1 saturated carbocycles. The highest BCUT2D eigenvalue weighted by Gasteiger charge is 2.30. The van der Waals surface area contributed by atoms with Crippen LogP contribution in [0.3, 0.4) is 0 Å². The largest absolute Gasteiger partial charge is 0.370 e. The number of hydrogen-bond donors (Lipinski definition) is 1. The van der Waals surface area contributed by atoms with E-state index < -0.39 is 0 Å². The van der Waals surface area contributed by atoms with Gasteiger partial charge >= 0.3 is 0 Å². The molecule has 1 aliphatic heterocycles. The Kier molecular flexibility index (Phi) is 1.82. The first kappa shape index (κ1) is 7.10. The van der Waals surface area contributed by atoms with Crippen LogP contribution in [0.1, 0.15) is 19.3 Å². The fourth-order valence-electron chi connectivity index (χ4n) is 1.66. The Labute approximate surface area is 66.1 Å². The van der Waals surface area contributed by atoms with Crippen LogP contribution in [0, 0.1) is 5.92 Å². The van der Waals surface area contributed by atoms with Crippen LogP contribution >= 0.6 is 0 Å². The molecular formula is C8H13NO2. The van der Waals surface area contributed by atoms with E-state index in [1.165, 1.54) is 19.3 Å². The molecule has 0 aromatic heterocycles. The maximum Gasteiger partial charge on any atom is 0.246 e. The molecule has 1 amide bonds.